The van der Waals surface area contributed by atoms with E-state index in [0.717, 1.165) is 0 Å². The zero-order chi connectivity index (χ0) is 16.6. The number of carbonyl (C=O) groups excluding carboxylic acids is 1. The molecule has 21 heavy (non-hydrogen) atoms. The molecule has 0 unspecified atom stereocenters. The van der Waals surface area contributed by atoms with Gasteiger partial charge in [-0.05, 0) is 19.6 Å². The van der Waals surface area contributed by atoms with E-state index in [2.05, 4.69) is 0 Å². The molecule has 0 fully saturated rings. The summed E-state index contributed by atoms with van der Waals surface area (Å²) < 4.78 is 30.2. The fraction of sp³-hybridized carbons (Fsp3) is 0.875. The Balaban J connectivity index is -0.000000112. The van der Waals surface area contributed by atoms with Gasteiger partial charge in [-0.3, -0.25) is 0 Å². The van der Waals surface area contributed by atoms with Crippen molar-refractivity contribution in [3.8, 4) is 0 Å². The zero-order valence-electron chi connectivity index (χ0n) is 11.2. The Kier molecular flexibility index (Phi) is 27.5. The van der Waals surface area contributed by atoms with E-state index in [0.29, 0.717) is 39.3 Å². The number of nitrogens with zero attached hydrogens (tertiary/aromatic N) is 1. The van der Waals surface area contributed by atoms with E-state index in [1.54, 1.807) is 0 Å². The summed E-state index contributed by atoms with van der Waals surface area (Å²) in [4.78, 5) is 11.0. The number of hydrogen-bond donors (Lipinski definition) is 3. The molecule has 0 radical (unpaired) electrons. The van der Waals surface area contributed by atoms with Gasteiger partial charge in [0, 0.05) is 5.97 Å². The van der Waals surface area contributed by atoms with Crippen LogP contribution in [-0.4, -0.2) is 70.7 Å². The first-order valence-corrected chi connectivity index (χ1v) is 6.61. The molecule has 0 heterocycles. The number of rotatable bonds is 7. The first-order valence-electron chi connectivity index (χ1n) is 5.29. The van der Waals surface area contributed by atoms with Crippen LogP contribution in [0.5, 0.6) is 0 Å². The Morgan fingerprint density at radius 3 is 1.24 bits per heavy atom. The molecule has 0 aliphatic rings. The van der Waals surface area contributed by atoms with Gasteiger partial charge < -0.3 is 37.7 Å². The normalized spacial score (nSPS) is 10.5. The molecule has 0 rings (SSSR count). The summed E-state index contributed by atoms with van der Waals surface area (Å²) in [5.74, 6) is -1.33. The minimum absolute atomic E-state index is 0. The van der Waals surface area contributed by atoms with Crippen molar-refractivity contribution in [2.75, 3.05) is 45.8 Å². The predicted octanol–water partition coefficient (Wildman–Crippen LogP) is -2.63. The third-order valence-corrected chi connectivity index (χ3v) is 1.43. The number of halogens is 1. The molecule has 0 amide bonds. The van der Waals surface area contributed by atoms with Crippen LogP contribution in [0, 0.1) is 10.2 Å². The van der Waals surface area contributed by atoms with Crippen LogP contribution in [0.2, 0.25) is 0 Å². The van der Waals surface area contributed by atoms with E-state index in [1.807, 2.05) is 4.90 Å². The molecule has 0 spiro atoms. The van der Waals surface area contributed by atoms with Crippen molar-refractivity contribution < 1.29 is 55.6 Å². The van der Waals surface area contributed by atoms with Crippen LogP contribution >= 0.6 is 0 Å². The quantitative estimate of drug-likeness (QED) is 0.427. The van der Waals surface area contributed by atoms with E-state index < -0.39 is 22.8 Å². The first-order chi connectivity index (χ1) is 9.12. The maximum absolute atomic E-state index is 9.07. The van der Waals surface area contributed by atoms with Crippen LogP contribution in [0.3, 0.4) is 0 Å². The van der Waals surface area contributed by atoms with Crippen LogP contribution in [0.25, 0.3) is 22.9 Å². The van der Waals surface area contributed by atoms with Crippen LogP contribution in [-0.2, 0) is 21.6 Å². The zero-order valence-corrected chi connectivity index (χ0v) is 13.0. The Hall–Kier alpha value is -0.0935. The monoisotopic (exact) mass is 377 g/mol. The Bertz CT molecular complexity index is 204. The third-order valence-electron chi connectivity index (χ3n) is 1.43. The molecule has 0 bridgehead atoms. The number of hydrogen-bond acceptors (Lipinski definition) is 7. The van der Waals surface area contributed by atoms with Crippen LogP contribution in [0.15, 0.2) is 0 Å². The van der Waals surface area contributed by atoms with Gasteiger partial charge in [-0.25, -0.2) is 0 Å². The number of aliphatic carboxylic acids is 1. The molecule has 0 saturated carbocycles. The van der Waals surface area contributed by atoms with Gasteiger partial charge in [-0.1, -0.05) is 0 Å². The van der Waals surface area contributed by atoms with E-state index in [1.165, 1.54) is 0 Å². The SMILES string of the molecule is [Co+3].[NH-]CC(=O)[O-].[NH-]CCN(CC[NH-])CC[NH-].[O-][Cl+](O)(O)O. The van der Waals surface area contributed by atoms with Gasteiger partial charge in [0.25, 0.3) is 0 Å². The van der Waals surface area contributed by atoms with Crippen molar-refractivity contribution in [2.45, 2.75) is 0 Å². The maximum atomic E-state index is 9.07. The molecule has 0 aliphatic carbocycles. The van der Waals surface area contributed by atoms with Crippen molar-refractivity contribution in [2.24, 2.45) is 0 Å². The molecule has 0 saturated heterocycles. The van der Waals surface area contributed by atoms with Crippen molar-refractivity contribution in [1.29, 1.82) is 0 Å². The number of carbonyl (C=O) groups is 1. The average Bonchev–Trinajstić information content (AvgIpc) is 2.28. The molecule has 13 heteroatoms. The molecule has 0 aromatic heterocycles. The summed E-state index contributed by atoms with van der Waals surface area (Å²) in [5, 5.41) is 9.07. The van der Waals surface area contributed by atoms with Gasteiger partial charge in [-0.2, -0.15) is 0 Å². The average molecular weight is 378 g/mol. The molecule has 0 aliphatic heterocycles. The van der Waals surface area contributed by atoms with Crippen molar-refractivity contribution in [3.63, 3.8) is 0 Å². The van der Waals surface area contributed by atoms with E-state index in [9.17, 15) is 0 Å². The number of carboxylic acids is 1. The molecular weight excluding hydrogens is 357 g/mol. The first kappa shape index (κ1) is 29.0. The summed E-state index contributed by atoms with van der Waals surface area (Å²) in [6.45, 7) is 2.60. The van der Waals surface area contributed by atoms with Gasteiger partial charge in [-0.15, -0.1) is 26.2 Å². The molecule has 132 valence electrons. The van der Waals surface area contributed by atoms with Gasteiger partial charge in [0.1, 0.15) is 0 Å². The summed E-state index contributed by atoms with van der Waals surface area (Å²) in [7, 11) is -4.19. The fourth-order valence-corrected chi connectivity index (χ4v) is 0.810. The van der Waals surface area contributed by atoms with Crippen LogP contribution < -0.4 is 9.77 Å². The molecule has 11 nitrogen and oxygen atoms in total. The van der Waals surface area contributed by atoms with Crippen LogP contribution in [0.1, 0.15) is 0 Å². The van der Waals surface area contributed by atoms with Gasteiger partial charge in [0.2, 0.25) is 0 Å². The molecule has 0 aromatic rings. The number of carboxylic acid groups (broad SMARTS) is 1. The second-order valence-electron chi connectivity index (χ2n) is 3.07. The predicted molar refractivity (Wildman–Crippen MR) is 64.9 cm³/mol. The molecular formula is C8H21ClCoN5O6-2. The topological polar surface area (TPSA) is 222 Å². The summed E-state index contributed by atoms with van der Waals surface area (Å²) in [6.07, 6.45) is 0. The standard InChI is InChI=1S/C6H15N4.C2H4NO2.ClH3O4.Co/c7-1-4-10(5-2-8)6-3-9;3-1-2(4)5;2-1(3,4)5;/h7-9H,1-6H2;3H,1H2,(H,4,5);2-4H;/q-3;-1;;+3/p-1. The third kappa shape index (κ3) is 53.7. The fourth-order valence-electron chi connectivity index (χ4n) is 0.810. The van der Waals surface area contributed by atoms with Gasteiger partial charge >= 0.3 is 45.7 Å². The summed E-state index contributed by atoms with van der Waals surface area (Å²) in [6, 6.07) is 0. The number of nitrogens with one attached hydrogen (secondary N) is 4. The van der Waals surface area contributed by atoms with Crippen molar-refractivity contribution in [1.82, 2.24) is 4.90 Å². The second kappa shape index (κ2) is 19.9. The van der Waals surface area contributed by atoms with E-state index >= 15 is 0 Å². The van der Waals surface area contributed by atoms with Crippen LogP contribution in [0.4, 0.5) is 0 Å². The van der Waals surface area contributed by atoms with E-state index in [-0.39, 0.29) is 16.8 Å². The summed E-state index contributed by atoms with van der Waals surface area (Å²) in [5.41, 5.74) is 26.8. The van der Waals surface area contributed by atoms with Crippen molar-refractivity contribution >= 4 is 5.97 Å². The Morgan fingerprint density at radius 1 is 0.952 bits per heavy atom. The van der Waals surface area contributed by atoms with Gasteiger partial charge in [0.05, 0.1) is 0 Å². The Morgan fingerprint density at radius 2 is 1.14 bits per heavy atom. The summed E-state index contributed by atoms with van der Waals surface area (Å²) >= 11 is 0. The van der Waals surface area contributed by atoms with Gasteiger partial charge in [0.15, 0.2) is 0 Å². The van der Waals surface area contributed by atoms with Crippen molar-refractivity contribution in [3.05, 3.63) is 22.9 Å². The minimum atomic E-state index is -4.19. The molecule has 0 aromatic carbocycles. The van der Waals surface area contributed by atoms with E-state index in [4.69, 9.17) is 51.5 Å². The second-order valence-corrected chi connectivity index (χ2v) is 3.94. The Labute approximate surface area is 135 Å². The molecule has 7 N–H and O–H groups in total. The molecule has 0 atom stereocenters.